The number of hydrogen-bond donors (Lipinski definition) is 0. The minimum Gasteiger partial charge on any atom is -0.360 e. The van der Waals surface area contributed by atoms with Gasteiger partial charge in [-0.15, -0.1) is 0 Å². The Balaban J connectivity index is 2.00. The zero-order valence-electron chi connectivity index (χ0n) is 14.2. The lowest BCUT2D eigenvalue weighted by atomic mass is 9.88. The molecule has 0 amide bonds. The van der Waals surface area contributed by atoms with Crippen molar-refractivity contribution in [3.63, 3.8) is 0 Å². The molecule has 0 N–H and O–H groups in total. The fraction of sp³-hybridized carbons (Fsp3) is 0.632. The molecule has 0 heterocycles. The average Bonchev–Trinajstić information content (AvgIpc) is 2.64. The van der Waals surface area contributed by atoms with Crippen LogP contribution in [0.1, 0.15) is 74.6 Å². The quantitative estimate of drug-likeness (QED) is 0.438. The van der Waals surface area contributed by atoms with Gasteiger partial charge in [0.15, 0.2) is 0 Å². The summed E-state index contributed by atoms with van der Waals surface area (Å²) in [7, 11) is 0. The third-order valence-corrected chi connectivity index (χ3v) is 5.55. The van der Waals surface area contributed by atoms with Crippen LogP contribution in [0.3, 0.4) is 0 Å². The molecule has 3 rings (SSSR count). The molecule has 0 radical (unpaired) electrons. The summed E-state index contributed by atoms with van der Waals surface area (Å²) in [5, 5.41) is 11.6. The first-order valence-corrected chi connectivity index (χ1v) is 9.22. The molecule has 5 heteroatoms. The average molecular weight is 330 g/mol. The Bertz CT molecular complexity index is 572. The predicted molar refractivity (Wildman–Crippen MR) is 94.7 cm³/mol. The summed E-state index contributed by atoms with van der Waals surface area (Å²) < 4.78 is 0. The van der Waals surface area contributed by atoms with E-state index in [1.807, 2.05) is 0 Å². The van der Waals surface area contributed by atoms with E-state index in [0.29, 0.717) is 29.6 Å². The Morgan fingerprint density at radius 1 is 0.958 bits per heavy atom. The van der Waals surface area contributed by atoms with Crippen LogP contribution in [0, 0.1) is 10.1 Å². The number of nitro groups is 1. The Labute approximate surface area is 143 Å². The number of anilines is 1. The number of aldehydes is 1. The second kappa shape index (κ2) is 7.77. The molecule has 2 saturated carbocycles. The summed E-state index contributed by atoms with van der Waals surface area (Å²) in [5.74, 6) is 0. The van der Waals surface area contributed by atoms with Crippen LogP contribution in [-0.2, 0) is 0 Å². The molecule has 1 aromatic rings. The van der Waals surface area contributed by atoms with E-state index in [1.54, 1.807) is 12.1 Å². The summed E-state index contributed by atoms with van der Waals surface area (Å²) in [4.78, 5) is 24.7. The second-order valence-corrected chi connectivity index (χ2v) is 7.11. The highest BCUT2D eigenvalue weighted by Crippen LogP contribution is 2.39. The molecule has 0 aliphatic heterocycles. The van der Waals surface area contributed by atoms with Crippen molar-refractivity contribution in [2.24, 2.45) is 0 Å². The summed E-state index contributed by atoms with van der Waals surface area (Å²) >= 11 is 0. The highest BCUT2D eigenvalue weighted by molar-refractivity contribution is 5.80. The summed E-state index contributed by atoms with van der Waals surface area (Å²) in [6.45, 7) is 0. The first kappa shape index (κ1) is 16.9. The van der Waals surface area contributed by atoms with Gasteiger partial charge in [-0.1, -0.05) is 38.5 Å². The lowest BCUT2D eigenvalue weighted by Gasteiger charge is -2.43. The van der Waals surface area contributed by atoms with Gasteiger partial charge in [-0.05, 0) is 37.8 Å². The van der Waals surface area contributed by atoms with Crippen LogP contribution in [0.15, 0.2) is 18.2 Å². The maximum absolute atomic E-state index is 11.6. The maximum atomic E-state index is 11.6. The van der Waals surface area contributed by atoms with Crippen LogP contribution >= 0.6 is 0 Å². The Hall–Kier alpha value is -1.91. The van der Waals surface area contributed by atoms with Crippen molar-refractivity contribution in [1.29, 1.82) is 0 Å². The number of nitro benzene ring substituents is 1. The van der Waals surface area contributed by atoms with E-state index in [0.717, 1.165) is 25.7 Å². The standard InChI is InChI=1S/C19H26N2O3/c22-14-15-11-12-18(19(13-15)21(23)24)20(16-7-3-1-4-8-16)17-9-5-2-6-10-17/h11-14,16-17H,1-10H2. The predicted octanol–water partition coefficient (Wildman–Crippen LogP) is 4.88. The normalized spacial score (nSPS) is 19.8. The van der Waals surface area contributed by atoms with Gasteiger partial charge >= 0.3 is 0 Å². The van der Waals surface area contributed by atoms with Crippen molar-refractivity contribution < 1.29 is 9.72 Å². The lowest BCUT2D eigenvalue weighted by Crippen LogP contribution is -2.45. The minimum atomic E-state index is -0.332. The molecule has 24 heavy (non-hydrogen) atoms. The topological polar surface area (TPSA) is 63.5 Å². The Morgan fingerprint density at radius 3 is 1.96 bits per heavy atom. The molecule has 0 bridgehead atoms. The van der Waals surface area contributed by atoms with E-state index in [4.69, 9.17) is 0 Å². The van der Waals surface area contributed by atoms with Crippen molar-refractivity contribution in [3.05, 3.63) is 33.9 Å². The third kappa shape index (κ3) is 3.60. The van der Waals surface area contributed by atoms with Crippen LogP contribution < -0.4 is 4.90 Å². The fourth-order valence-corrected chi connectivity index (χ4v) is 4.39. The number of carbonyl (C=O) groups excluding carboxylic acids is 1. The van der Waals surface area contributed by atoms with Gasteiger partial charge in [0.1, 0.15) is 12.0 Å². The molecular weight excluding hydrogens is 304 g/mol. The SMILES string of the molecule is O=Cc1ccc(N(C2CCCCC2)C2CCCCC2)c([N+](=O)[O-])c1. The lowest BCUT2D eigenvalue weighted by molar-refractivity contribution is -0.384. The number of benzene rings is 1. The molecule has 2 aliphatic carbocycles. The van der Waals surface area contributed by atoms with Crippen molar-refractivity contribution >= 4 is 17.7 Å². The fourth-order valence-electron chi connectivity index (χ4n) is 4.39. The second-order valence-electron chi connectivity index (χ2n) is 7.11. The minimum absolute atomic E-state index is 0.0794. The van der Waals surface area contributed by atoms with Gasteiger partial charge in [0, 0.05) is 23.7 Å². The number of carbonyl (C=O) groups is 1. The molecule has 2 fully saturated rings. The zero-order chi connectivity index (χ0) is 16.9. The van der Waals surface area contributed by atoms with Gasteiger partial charge in [-0.2, -0.15) is 0 Å². The van der Waals surface area contributed by atoms with Gasteiger partial charge in [0.25, 0.3) is 5.69 Å². The van der Waals surface area contributed by atoms with E-state index in [-0.39, 0.29) is 10.6 Å². The van der Waals surface area contributed by atoms with Gasteiger partial charge < -0.3 is 4.90 Å². The molecule has 0 atom stereocenters. The van der Waals surface area contributed by atoms with E-state index in [9.17, 15) is 14.9 Å². The Morgan fingerprint density at radius 2 is 1.50 bits per heavy atom. The van der Waals surface area contributed by atoms with Gasteiger partial charge in [0.2, 0.25) is 0 Å². The highest BCUT2D eigenvalue weighted by atomic mass is 16.6. The van der Waals surface area contributed by atoms with Crippen LogP contribution in [0.4, 0.5) is 11.4 Å². The first-order valence-electron chi connectivity index (χ1n) is 9.22. The van der Waals surface area contributed by atoms with Crippen molar-refractivity contribution in [2.45, 2.75) is 76.3 Å². The van der Waals surface area contributed by atoms with E-state index in [1.165, 1.54) is 44.6 Å². The van der Waals surface area contributed by atoms with Crippen LogP contribution in [0.2, 0.25) is 0 Å². The molecule has 130 valence electrons. The molecule has 0 aromatic heterocycles. The van der Waals surface area contributed by atoms with E-state index >= 15 is 0 Å². The van der Waals surface area contributed by atoms with Gasteiger partial charge in [-0.25, -0.2) is 0 Å². The molecule has 0 unspecified atom stereocenters. The van der Waals surface area contributed by atoms with Gasteiger partial charge in [0.05, 0.1) is 4.92 Å². The van der Waals surface area contributed by atoms with Crippen LogP contribution in [-0.4, -0.2) is 23.3 Å². The highest BCUT2D eigenvalue weighted by Gasteiger charge is 2.33. The molecule has 5 nitrogen and oxygen atoms in total. The Kier molecular flexibility index (Phi) is 5.48. The first-order chi connectivity index (χ1) is 11.7. The number of hydrogen-bond acceptors (Lipinski definition) is 4. The van der Waals surface area contributed by atoms with Gasteiger partial charge in [-0.3, -0.25) is 14.9 Å². The third-order valence-electron chi connectivity index (χ3n) is 5.55. The maximum Gasteiger partial charge on any atom is 0.293 e. The number of rotatable bonds is 5. The van der Waals surface area contributed by atoms with Crippen LogP contribution in [0.25, 0.3) is 0 Å². The molecule has 2 aliphatic rings. The van der Waals surface area contributed by atoms with Crippen molar-refractivity contribution in [1.82, 2.24) is 0 Å². The monoisotopic (exact) mass is 330 g/mol. The van der Waals surface area contributed by atoms with Crippen molar-refractivity contribution in [3.8, 4) is 0 Å². The summed E-state index contributed by atoms with van der Waals surface area (Å²) in [6.07, 6.45) is 12.5. The molecule has 0 saturated heterocycles. The summed E-state index contributed by atoms with van der Waals surface area (Å²) in [5.41, 5.74) is 1.16. The smallest absolute Gasteiger partial charge is 0.293 e. The molecular formula is C19H26N2O3. The van der Waals surface area contributed by atoms with E-state index in [2.05, 4.69) is 4.90 Å². The van der Waals surface area contributed by atoms with E-state index < -0.39 is 0 Å². The van der Waals surface area contributed by atoms with Crippen LogP contribution in [0.5, 0.6) is 0 Å². The summed E-state index contributed by atoms with van der Waals surface area (Å²) in [6, 6.07) is 5.73. The molecule has 1 aromatic carbocycles. The zero-order valence-corrected chi connectivity index (χ0v) is 14.2. The molecule has 0 spiro atoms. The number of nitrogens with zero attached hydrogens (tertiary/aromatic N) is 2. The van der Waals surface area contributed by atoms with Crippen molar-refractivity contribution in [2.75, 3.05) is 4.90 Å². The largest absolute Gasteiger partial charge is 0.360 e.